The van der Waals surface area contributed by atoms with Crippen LogP contribution in [0.3, 0.4) is 0 Å². The molecule has 0 aliphatic carbocycles. The number of anilines is 2. The molecule has 3 aromatic heterocycles. The Bertz CT molecular complexity index is 901. The molecule has 0 saturated carbocycles. The maximum Gasteiger partial charge on any atom is 0.251 e. The highest BCUT2D eigenvalue weighted by molar-refractivity contribution is 5.85. The molecule has 0 bridgehead atoms. The quantitative estimate of drug-likeness (QED) is 0.581. The molecule has 0 spiro atoms. The minimum absolute atomic E-state index is 0.148. The number of likely N-dealkylation sites (tertiary alicyclic amines) is 1. The van der Waals surface area contributed by atoms with E-state index in [0.29, 0.717) is 24.3 Å². The molecule has 2 fully saturated rings. The van der Waals surface area contributed by atoms with E-state index < -0.39 is 6.10 Å². The van der Waals surface area contributed by atoms with Gasteiger partial charge in [-0.1, -0.05) is 19.0 Å². The van der Waals surface area contributed by atoms with E-state index in [1.807, 2.05) is 26.0 Å². The van der Waals surface area contributed by atoms with Crippen LogP contribution >= 0.6 is 0 Å². The lowest BCUT2D eigenvalue weighted by atomic mass is 10.1. The third kappa shape index (κ3) is 7.16. The van der Waals surface area contributed by atoms with Crippen molar-refractivity contribution < 1.29 is 14.4 Å². The summed E-state index contributed by atoms with van der Waals surface area (Å²) in [6.07, 6.45) is 8.23. The van der Waals surface area contributed by atoms with Crippen molar-refractivity contribution in [1.29, 1.82) is 0 Å². The smallest absolute Gasteiger partial charge is 0.251 e. The molecule has 10 nitrogen and oxygen atoms in total. The minimum atomic E-state index is -0.722. The van der Waals surface area contributed by atoms with Crippen LogP contribution in [0.2, 0.25) is 0 Å². The fourth-order valence-electron chi connectivity index (χ4n) is 3.23. The van der Waals surface area contributed by atoms with Gasteiger partial charge in [-0.25, -0.2) is 15.0 Å². The Morgan fingerprint density at radius 1 is 1.12 bits per heavy atom. The first-order valence-electron chi connectivity index (χ1n) is 11.0. The Kier molecular flexibility index (Phi) is 10.3. The maximum atomic E-state index is 10.6. The Morgan fingerprint density at radius 3 is 2.38 bits per heavy atom. The Labute approximate surface area is 188 Å². The standard InChI is InChI=1S/C12H15N5.C5H9NO2.C3H3NO.C2H6/c13-12-11-9(14-8-15-12)4-5-10(16-11)17-6-2-1-3-7-17;1-6-3-2-4(7)5(6)8;1-2-4-5-3-1;1-2/h4-5,8H,1-3,6-7H2,(H2,13,14,15);4,7H,2-3H2,1H3;1-3H;1-2H3. The van der Waals surface area contributed by atoms with E-state index >= 15 is 0 Å². The third-order valence-electron chi connectivity index (χ3n) is 4.92. The van der Waals surface area contributed by atoms with E-state index in [0.717, 1.165) is 24.4 Å². The summed E-state index contributed by atoms with van der Waals surface area (Å²) in [6.45, 7) is 6.85. The fraction of sp³-hybridized carbons (Fsp3) is 0.500. The zero-order valence-electron chi connectivity index (χ0n) is 19.0. The minimum Gasteiger partial charge on any atom is -0.383 e. The lowest BCUT2D eigenvalue weighted by Gasteiger charge is -2.27. The maximum absolute atomic E-state index is 10.6. The monoisotopic (exact) mass is 443 g/mol. The Balaban J connectivity index is 0.000000200. The Morgan fingerprint density at radius 2 is 1.88 bits per heavy atom. The van der Waals surface area contributed by atoms with Crippen LogP contribution in [0.25, 0.3) is 11.0 Å². The number of amides is 1. The van der Waals surface area contributed by atoms with Gasteiger partial charge in [-0.15, -0.1) is 0 Å². The normalized spacial score (nSPS) is 17.5. The van der Waals surface area contributed by atoms with Crippen LogP contribution in [0.5, 0.6) is 0 Å². The second-order valence-electron chi connectivity index (χ2n) is 7.10. The molecule has 3 N–H and O–H groups in total. The van der Waals surface area contributed by atoms with Crippen molar-refractivity contribution in [3.05, 3.63) is 37.0 Å². The summed E-state index contributed by atoms with van der Waals surface area (Å²) in [5, 5.41) is 12.1. The molecule has 1 atom stereocenters. The number of fused-ring (bicyclic) bond motifs is 1. The van der Waals surface area contributed by atoms with Gasteiger partial charge in [0.2, 0.25) is 0 Å². The second kappa shape index (κ2) is 13.2. The fourth-order valence-corrected chi connectivity index (χ4v) is 3.23. The number of piperidine rings is 1. The average molecular weight is 444 g/mol. The first-order valence-corrected chi connectivity index (χ1v) is 11.0. The number of carbonyl (C=O) groups excluding carboxylic acids is 1. The van der Waals surface area contributed by atoms with Crippen LogP contribution in [0, 0.1) is 0 Å². The van der Waals surface area contributed by atoms with Crippen LogP contribution < -0.4 is 10.6 Å². The molecule has 3 aromatic rings. The van der Waals surface area contributed by atoms with E-state index in [4.69, 9.17) is 10.8 Å². The summed E-state index contributed by atoms with van der Waals surface area (Å²) in [5.41, 5.74) is 7.33. The molecule has 2 aliphatic rings. The number of nitrogen functional groups attached to an aromatic ring is 1. The summed E-state index contributed by atoms with van der Waals surface area (Å²) in [6, 6.07) is 5.70. The number of aromatic nitrogens is 4. The summed E-state index contributed by atoms with van der Waals surface area (Å²) >= 11 is 0. The van der Waals surface area contributed by atoms with E-state index in [9.17, 15) is 4.79 Å². The van der Waals surface area contributed by atoms with Gasteiger partial charge in [-0.05, 0) is 43.9 Å². The molecule has 1 unspecified atom stereocenters. The molecule has 2 aliphatic heterocycles. The summed E-state index contributed by atoms with van der Waals surface area (Å²) in [5.74, 6) is 1.29. The number of aliphatic hydroxyl groups excluding tert-OH is 1. The van der Waals surface area contributed by atoms with Crippen molar-refractivity contribution in [1.82, 2.24) is 25.0 Å². The van der Waals surface area contributed by atoms with Gasteiger partial charge in [0.05, 0.1) is 11.7 Å². The number of pyridine rings is 1. The van der Waals surface area contributed by atoms with Crippen LogP contribution in [0.4, 0.5) is 11.6 Å². The van der Waals surface area contributed by atoms with Crippen molar-refractivity contribution >= 4 is 28.6 Å². The SMILES string of the molecule is CC.CN1CCC(O)C1=O.Nc1ncnc2ccc(N3CCCCC3)nc12.c1cnoc1. The number of nitrogens with two attached hydrogens (primary N) is 1. The van der Waals surface area contributed by atoms with Crippen LogP contribution in [-0.4, -0.2) is 68.8 Å². The number of rotatable bonds is 1. The molecule has 32 heavy (non-hydrogen) atoms. The van der Waals surface area contributed by atoms with Gasteiger partial charge in [0, 0.05) is 26.7 Å². The number of nitrogens with zero attached hydrogens (tertiary/aromatic N) is 6. The molecule has 1 amide bonds. The topological polar surface area (TPSA) is 134 Å². The summed E-state index contributed by atoms with van der Waals surface area (Å²) in [7, 11) is 1.69. The van der Waals surface area contributed by atoms with Gasteiger partial charge < -0.3 is 25.2 Å². The molecule has 2 saturated heterocycles. The van der Waals surface area contributed by atoms with Gasteiger partial charge in [-0.3, -0.25) is 4.79 Å². The van der Waals surface area contributed by atoms with Gasteiger partial charge in [-0.2, -0.15) is 0 Å². The van der Waals surface area contributed by atoms with Crippen LogP contribution in [0.15, 0.2) is 41.5 Å². The van der Waals surface area contributed by atoms with E-state index in [1.54, 1.807) is 19.3 Å². The number of aliphatic hydroxyl groups is 1. The third-order valence-corrected chi connectivity index (χ3v) is 4.92. The predicted octanol–water partition coefficient (Wildman–Crippen LogP) is 2.51. The Hall–Kier alpha value is -3.27. The molecular weight excluding hydrogens is 410 g/mol. The lowest BCUT2D eigenvalue weighted by molar-refractivity contribution is -0.133. The van der Waals surface area contributed by atoms with Crippen molar-refractivity contribution in [3.63, 3.8) is 0 Å². The molecular formula is C22H33N7O3. The van der Waals surface area contributed by atoms with Gasteiger partial charge in [0.15, 0.2) is 5.82 Å². The molecule has 0 radical (unpaired) electrons. The van der Waals surface area contributed by atoms with Gasteiger partial charge in [0.1, 0.15) is 30.0 Å². The summed E-state index contributed by atoms with van der Waals surface area (Å²) in [4.78, 5) is 27.1. The van der Waals surface area contributed by atoms with Gasteiger partial charge in [0.25, 0.3) is 5.91 Å². The van der Waals surface area contributed by atoms with Crippen LogP contribution in [-0.2, 0) is 4.79 Å². The van der Waals surface area contributed by atoms with Crippen molar-refractivity contribution in [2.24, 2.45) is 0 Å². The van der Waals surface area contributed by atoms with E-state index in [2.05, 4.69) is 29.5 Å². The summed E-state index contributed by atoms with van der Waals surface area (Å²) < 4.78 is 4.33. The number of hydrogen-bond acceptors (Lipinski definition) is 9. The predicted molar refractivity (Wildman–Crippen MR) is 124 cm³/mol. The number of hydrogen-bond donors (Lipinski definition) is 2. The average Bonchev–Trinajstić information content (AvgIpc) is 3.52. The van der Waals surface area contributed by atoms with E-state index in [1.165, 1.54) is 36.8 Å². The van der Waals surface area contributed by atoms with Crippen LogP contribution in [0.1, 0.15) is 39.5 Å². The number of carbonyl (C=O) groups is 1. The largest absolute Gasteiger partial charge is 0.383 e. The highest BCUT2D eigenvalue weighted by Gasteiger charge is 2.26. The lowest BCUT2D eigenvalue weighted by Crippen LogP contribution is -2.30. The highest BCUT2D eigenvalue weighted by atomic mass is 16.5. The molecule has 5 rings (SSSR count). The zero-order chi connectivity index (χ0) is 23.3. The zero-order valence-corrected chi connectivity index (χ0v) is 19.0. The first-order chi connectivity index (χ1) is 15.6. The molecule has 5 heterocycles. The van der Waals surface area contributed by atoms with Gasteiger partial charge >= 0.3 is 0 Å². The van der Waals surface area contributed by atoms with Crippen molar-refractivity contribution in [2.75, 3.05) is 37.3 Å². The first kappa shape index (κ1) is 25.0. The second-order valence-corrected chi connectivity index (χ2v) is 7.10. The highest BCUT2D eigenvalue weighted by Crippen LogP contribution is 2.22. The molecule has 10 heteroatoms. The van der Waals surface area contributed by atoms with E-state index in [-0.39, 0.29) is 5.91 Å². The molecule has 174 valence electrons. The van der Waals surface area contributed by atoms with Crippen molar-refractivity contribution in [3.8, 4) is 0 Å². The molecule has 0 aromatic carbocycles. The van der Waals surface area contributed by atoms with Crippen molar-refractivity contribution in [2.45, 2.75) is 45.6 Å². The number of likely N-dealkylation sites (N-methyl/N-ethyl adjacent to an activating group) is 1.